The summed E-state index contributed by atoms with van der Waals surface area (Å²) in [5.74, 6) is -1.16. The lowest BCUT2D eigenvalue weighted by atomic mass is 10.2. The van der Waals surface area contributed by atoms with Gasteiger partial charge in [0.1, 0.15) is 17.5 Å². The van der Waals surface area contributed by atoms with Gasteiger partial charge in [0.15, 0.2) is 0 Å². The molecule has 8 heteroatoms. The van der Waals surface area contributed by atoms with Crippen molar-refractivity contribution in [3.63, 3.8) is 0 Å². The molecular weight excluding hydrogens is 378 g/mol. The highest BCUT2D eigenvalue weighted by Crippen LogP contribution is 2.21. The number of rotatable bonds is 5. The predicted molar refractivity (Wildman–Crippen MR) is 108 cm³/mol. The Kier molecular flexibility index (Phi) is 5.91. The van der Waals surface area contributed by atoms with Gasteiger partial charge in [-0.15, -0.1) is 0 Å². The molecule has 6 nitrogen and oxygen atoms in total. The molecule has 0 saturated heterocycles. The third-order valence-electron chi connectivity index (χ3n) is 4.79. The average Bonchev–Trinajstić information content (AvgIpc) is 2.71. The second-order valence-corrected chi connectivity index (χ2v) is 6.79. The number of nitrogens with zero attached hydrogens (tertiary/aromatic N) is 3. The van der Waals surface area contributed by atoms with Gasteiger partial charge in [0.25, 0.3) is 5.56 Å². The second-order valence-electron chi connectivity index (χ2n) is 6.79. The Bertz CT molecular complexity index is 1110. The van der Waals surface area contributed by atoms with Crippen LogP contribution in [0.5, 0.6) is 0 Å². The lowest BCUT2D eigenvalue weighted by Gasteiger charge is -2.27. The van der Waals surface area contributed by atoms with Gasteiger partial charge in [-0.05, 0) is 37.6 Å². The van der Waals surface area contributed by atoms with Crippen molar-refractivity contribution in [1.29, 1.82) is 0 Å². The number of carbonyl (C=O) groups excluding carboxylic acids is 1. The highest BCUT2D eigenvalue weighted by atomic mass is 19.1. The van der Waals surface area contributed by atoms with Gasteiger partial charge in [-0.2, -0.15) is 0 Å². The molecule has 1 heterocycles. The first-order chi connectivity index (χ1) is 13.8. The van der Waals surface area contributed by atoms with Crippen LogP contribution in [0.3, 0.4) is 0 Å². The number of fused-ring (bicyclic) bond motifs is 1. The molecule has 0 aliphatic rings. The zero-order valence-corrected chi connectivity index (χ0v) is 16.4. The highest BCUT2D eigenvalue weighted by Gasteiger charge is 2.24. The van der Waals surface area contributed by atoms with Crippen LogP contribution in [0.4, 0.5) is 19.3 Å². The Morgan fingerprint density at radius 2 is 1.97 bits per heavy atom. The molecule has 0 fully saturated rings. The van der Waals surface area contributed by atoms with Gasteiger partial charge >= 0.3 is 6.03 Å². The molecule has 1 aromatic heterocycles. The lowest BCUT2D eigenvalue weighted by molar-refractivity contribution is 0.204. The van der Waals surface area contributed by atoms with Crippen molar-refractivity contribution in [3.8, 4) is 0 Å². The van der Waals surface area contributed by atoms with Gasteiger partial charge in [0, 0.05) is 19.7 Å². The first-order valence-corrected chi connectivity index (χ1v) is 9.31. The van der Waals surface area contributed by atoms with E-state index >= 15 is 0 Å². The van der Waals surface area contributed by atoms with E-state index in [4.69, 9.17) is 0 Å². The summed E-state index contributed by atoms with van der Waals surface area (Å²) < 4.78 is 28.5. The first-order valence-electron chi connectivity index (χ1n) is 9.31. The predicted octanol–water partition coefficient (Wildman–Crippen LogP) is 4.31. The van der Waals surface area contributed by atoms with Crippen molar-refractivity contribution in [3.05, 3.63) is 70.3 Å². The van der Waals surface area contributed by atoms with Crippen molar-refractivity contribution in [2.75, 3.05) is 12.4 Å². The zero-order chi connectivity index (χ0) is 21.1. The number of halogens is 2. The van der Waals surface area contributed by atoms with Crippen LogP contribution in [0.1, 0.15) is 32.1 Å². The van der Waals surface area contributed by atoms with Gasteiger partial charge in [-0.25, -0.2) is 18.6 Å². The molecule has 0 radical (unpaired) electrons. The van der Waals surface area contributed by atoms with E-state index in [0.29, 0.717) is 29.3 Å². The number of para-hydroxylation sites is 1. The number of benzene rings is 2. The standard InChI is InChI=1S/C21H22F2N4O2/c1-4-11-27-19(24-17-8-6-5-7-15(17)20(27)28)13(2)26(3)21(29)25-18-10-9-14(22)12-16(18)23/h5-10,12-13H,4,11H2,1-3H3,(H,25,29). The maximum absolute atomic E-state index is 13.9. The van der Waals surface area contributed by atoms with Crippen molar-refractivity contribution in [1.82, 2.24) is 14.5 Å². The monoisotopic (exact) mass is 400 g/mol. The van der Waals surface area contributed by atoms with Crippen molar-refractivity contribution in [2.45, 2.75) is 32.9 Å². The number of aromatic nitrogens is 2. The van der Waals surface area contributed by atoms with Crippen LogP contribution in [0.15, 0.2) is 47.3 Å². The molecule has 0 aliphatic carbocycles. The molecular formula is C21H22F2N4O2. The van der Waals surface area contributed by atoms with Crippen LogP contribution in [-0.2, 0) is 6.54 Å². The molecule has 3 aromatic rings. The lowest BCUT2D eigenvalue weighted by Crippen LogP contribution is -2.37. The van der Waals surface area contributed by atoms with E-state index in [2.05, 4.69) is 10.3 Å². The summed E-state index contributed by atoms with van der Waals surface area (Å²) in [6.07, 6.45) is 0.719. The molecule has 1 atom stereocenters. The van der Waals surface area contributed by atoms with E-state index < -0.39 is 23.7 Å². The number of hydrogen-bond acceptors (Lipinski definition) is 3. The summed E-state index contributed by atoms with van der Waals surface area (Å²) in [4.78, 5) is 31.5. The van der Waals surface area contributed by atoms with Crippen molar-refractivity contribution < 1.29 is 13.6 Å². The van der Waals surface area contributed by atoms with Gasteiger partial charge in [-0.1, -0.05) is 19.1 Å². The summed E-state index contributed by atoms with van der Waals surface area (Å²) >= 11 is 0. The molecule has 2 aromatic carbocycles. The Hall–Kier alpha value is -3.29. The summed E-state index contributed by atoms with van der Waals surface area (Å²) in [6.45, 7) is 4.14. The first kappa shape index (κ1) is 20.4. The molecule has 29 heavy (non-hydrogen) atoms. The van der Waals surface area contributed by atoms with E-state index in [1.807, 2.05) is 6.92 Å². The van der Waals surface area contributed by atoms with Crippen molar-refractivity contribution >= 4 is 22.6 Å². The van der Waals surface area contributed by atoms with Gasteiger partial charge in [0.2, 0.25) is 0 Å². The summed E-state index contributed by atoms with van der Waals surface area (Å²) in [7, 11) is 1.53. The number of nitrogens with one attached hydrogen (secondary N) is 1. The number of amides is 2. The van der Waals surface area contributed by atoms with Gasteiger partial charge in [-0.3, -0.25) is 9.36 Å². The largest absolute Gasteiger partial charge is 0.322 e. The van der Waals surface area contributed by atoms with Crippen LogP contribution in [0.2, 0.25) is 0 Å². The third kappa shape index (κ3) is 4.11. The second kappa shape index (κ2) is 8.38. The Morgan fingerprint density at radius 1 is 1.24 bits per heavy atom. The summed E-state index contributed by atoms with van der Waals surface area (Å²) in [5.41, 5.74) is 0.246. The normalized spacial score (nSPS) is 12.0. The highest BCUT2D eigenvalue weighted by molar-refractivity contribution is 5.89. The minimum Gasteiger partial charge on any atom is -0.318 e. The topological polar surface area (TPSA) is 67.2 Å². The summed E-state index contributed by atoms with van der Waals surface area (Å²) in [6, 6.07) is 8.78. The van der Waals surface area contributed by atoms with Crippen LogP contribution in [0.25, 0.3) is 10.9 Å². The Balaban J connectivity index is 1.94. The van der Waals surface area contributed by atoms with Crippen LogP contribution in [-0.4, -0.2) is 27.5 Å². The van der Waals surface area contributed by atoms with Crippen molar-refractivity contribution in [2.24, 2.45) is 0 Å². The third-order valence-corrected chi connectivity index (χ3v) is 4.79. The quantitative estimate of drug-likeness (QED) is 0.694. The molecule has 0 aliphatic heterocycles. The SMILES string of the molecule is CCCn1c(C(C)N(C)C(=O)Nc2ccc(F)cc2F)nc2ccccc2c1=O. The minimum atomic E-state index is -0.869. The molecule has 1 N–H and O–H groups in total. The number of hydrogen-bond donors (Lipinski definition) is 1. The maximum atomic E-state index is 13.9. The number of carbonyl (C=O) groups is 1. The van der Waals surface area contributed by atoms with E-state index in [9.17, 15) is 18.4 Å². The van der Waals surface area contributed by atoms with Gasteiger partial charge in [0.05, 0.1) is 22.6 Å². The van der Waals surface area contributed by atoms with E-state index in [0.717, 1.165) is 18.6 Å². The fourth-order valence-corrected chi connectivity index (χ4v) is 3.09. The molecule has 2 amide bonds. The molecule has 0 saturated carbocycles. The molecule has 3 rings (SSSR count). The Morgan fingerprint density at radius 3 is 2.66 bits per heavy atom. The smallest absolute Gasteiger partial charge is 0.318 e. The van der Waals surface area contributed by atoms with E-state index in [1.54, 1.807) is 35.8 Å². The van der Waals surface area contributed by atoms with Crippen LogP contribution in [0, 0.1) is 11.6 Å². The average molecular weight is 400 g/mol. The van der Waals surface area contributed by atoms with E-state index in [1.165, 1.54) is 11.9 Å². The molecule has 0 spiro atoms. The number of anilines is 1. The molecule has 0 bridgehead atoms. The fraction of sp³-hybridized carbons (Fsp3) is 0.286. The van der Waals surface area contributed by atoms with Gasteiger partial charge < -0.3 is 10.2 Å². The molecule has 1 unspecified atom stereocenters. The molecule has 152 valence electrons. The maximum Gasteiger partial charge on any atom is 0.322 e. The number of urea groups is 1. The van der Waals surface area contributed by atoms with Crippen LogP contribution >= 0.6 is 0 Å². The van der Waals surface area contributed by atoms with Crippen LogP contribution < -0.4 is 10.9 Å². The van der Waals surface area contributed by atoms with E-state index in [-0.39, 0.29) is 11.2 Å². The summed E-state index contributed by atoms with van der Waals surface area (Å²) in [5, 5.41) is 2.93. The minimum absolute atomic E-state index is 0.132. The Labute approximate surface area is 166 Å². The zero-order valence-electron chi connectivity index (χ0n) is 16.4. The fourth-order valence-electron chi connectivity index (χ4n) is 3.09.